The molecular weight excluding hydrogens is 284 g/mol. The van der Waals surface area contributed by atoms with Gasteiger partial charge in [-0.25, -0.2) is 0 Å². The van der Waals surface area contributed by atoms with Crippen LogP contribution in [-0.2, 0) is 16.1 Å². The second-order valence-electron chi connectivity index (χ2n) is 5.21. The summed E-state index contributed by atoms with van der Waals surface area (Å²) in [5.41, 5.74) is 0.968. The average molecular weight is 308 g/mol. The number of carboxylic acid groups (broad SMARTS) is 1. The molecule has 0 fully saturated rings. The zero-order valence-electron chi connectivity index (χ0n) is 13.4. The number of benzene rings is 1. The maximum atomic E-state index is 12.2. The highest BCUT2D eigenvalue weighted by atomic mass is 16.5. The second kappa shape index (κ2) is 9.04. The minimum Gasteiger partial charge on any atom is -0.497 e. The van der Waals surface area contributed by atoms with E-state index in [1.54, 1.807) is 24.0 Å². The first-order valence-corrected chi connectivity index (χ1v) is 7.27. The summed E-state index contributed by atoms with van der Waals surface area (Å²) in [6.45, 7) is 3.00. The second-order valence-corrected chi connectivity index (χ2v) is 5.21. The molecule has 1 N–H and O–H groups in total. The van der Waals surface area contributed by atoms with Gasteiger partial charge in [-0.1, -0.05) is 19.1 Å². The number of methoxy groups -OCH3 is 1. The first kappa shape index (κ1) is 18.0. The van der Waals surface area contributed by atoms with E-state index in [4.69, 9.17) is 9.84 Å². The average Bonchev–Trinajstić information content (AvgIpc) is 2.46. The zero-order valence-corrected chi connectivity index (χ0v) is 13.4. The van der Waals surface area contributed by atoms with Gasteiger partial charge in [0.05, 0.1) is 20.2 Å². The maximum absolute atomic E-state index is 12.2. The van der Waals surface area contributed by atoms with Crippen LogP contribution in [0.3, 0.4) is 0 Å². The van der Waals surface area contributed by atoms with Gasteiger partial charge in [-0.2, -0.15) is 0 Å². The molecule has 0 atom stereocenters. The fraction of sp³-hybridized carbons (Fsp3) is 0.500. The van der Waals surface area contributed by atoms with Crippen molar-refractivity contribution in [3.05, 3.63) is 29.8 Å². The minimum atomic E-state index is -0.920. The number of carbonyl (C=O) groups is 2. The highest BCUT2D eigenvalue weighted by Crippen LogP contribution is 2.14. The fourth-order valence-corrected chi connectivity index (χ4v) is 2.17. The molecule has 0 aliphatic rings. The van der Waals surface area contributed by atoms with Crippen LogP contribution in [0.25, 0.3) is 0 Å². The third-order valence-corrected chi connectivity index (χ3v) is 3.24. The van der Waals surface area contributed by atoms with Gasteiger partial charge in [-0.3, -0.25) is 14.5 Å². The van der Waals surface area contributed by atoms with Crippen LogP contribution in [0.15, 0.2) is 24.3 Å². The molecular formula is C16H24N2O4. The Labute approximate surface area is 131 Å². The molecule has 0 heterocycles. The first-order chi connectivity index (χ1) is 10.5. The molecule has 0 aliphatic carbocycles. The van der Waals surface area contributed by atoms with Crippen LogP contribution < -0.4 is 4.74 Å². The largest absolute Gasteiger partial charge is 0.497 e. The third-order valence-electron chi connectivity index (χ3n) is 3.24. The standard InChI is InChI=1S/C16H24N2O4/c1-4-8-18(12-16(20)21)11-15(19)17(2)10-13-6-5-7-14(9-13)22-3/h5-7,9H,4,8,10-12H2,1-3H3,(H,20,21). The predicted molar refractivity (Wildman–Crippen MR) is 83.8 cm³/mol. The Hall–Kier alpha value is -2.08. The van der Waals surface area contributed by atoms with E-state index in [9.17, 15) is 9.59 Å². The lowest BCUT2D eigenvalue weighted by molar-refractivity contribution is -0.139. The van der Waals surface area contributed by atoms with Gasteiger partial charge in [-0.05, 0) is 30.7 Å². The molecule has 0 saturated heterocycles. The molecule has 1 aromatic carbocycles. The number of likely N-dealkylation sites (N-methyl/N-ethyl adjacent to an activating group) is 1. The molecule has 6 heteroatoms. The fourth-order valence-electron chi connectivity index (χ4n) is 2.17. The molecule has 0 spiro atoms. The number of carbonyl (C=O) groups excluding carboxylic acids is 1. The maximum Gasteiger partial charge on any atom is 0.317 e. The van der Waals surface area contributed by atoms with Gasteiger partial charge in [0.25, 0.3) is 0 Å². The van der Waals surface area contributed by atoms with E-state index in [0.29, 0.717) is 13.1 Å². The van der Waals surface area contributed by atoms with Crippen LogP contribution >= 0.6 is 0 Å². The van der Waals surface area contributed by atoms with Crippen LogP contribution in [0.4, 0.5) is 0 Å². The van der Waals surface area contributed by atoms with Gasteiger partial charge in [0.15, 0.2) is 0 Å². The molecule has 1 rings (SSSR count). The summed E-state index contributed by atoms with van der Waals surface area (Å²) in [5.74, 6) is -0.272. The van der Waals surface area contributed by atoms with E-state index in [0.717, 1.165) is 17.7 Å². The number of amides is 1. The van der Waals surface area contributed by atoms with E-state index < -0.39 is 5.97 Å². The van der Waals surface area contributed by atoms with Crippen molar-refractivity contribution in [2.75, 3.05) is 33.8 Å². The molecule has 22 heavy (non-hydrogen) atoms. The van der Waals surface area contributed by atoms with E-state index in [1.165, 1.54) is 0 Å². The Morgan fingerprint density at radius 2 is 2.00 bits per heavy atom. The Morgan fingerprint density at radius 3 is 2.59 bits per heavy atom. The van der Waals surface area contributed by atoms with Gasteiger partial charge in [-0.15, -0.1) is 0 Å². The van der Waals surface area contributed by atoms with Gasteiger partial charge in [0.1, 0.15) is 5.75 Å². The topological polar surface area (TPSA) is 70.1 Å². The van der Waals surface area contributed by atoms with Crippen LogP contribution in [0, 0.1) is 0 Å². The minimum absolute atomic E-state index is 0.0995. The third kappa shape index (κ3) is 6.13. The number of hydrogen-bond acceptors (Lipinski definition) is 4. The molecule has 0 unspecified atom stereocenters. The van der Waals surface area contributed by atoms with Gasteiger partial charge >= 0.3 is 5.97 Å². The van der Waals surface area contributed by atoms with Crippen molar-refractivity contribution < 1.29 is 19.4 Å². The molecule has 0 saturated carbocycles. The van der Waals surface area contributed by atoms with Gasteiger partial charge in [0.2, 0.25) is 5.91 Å². The lowest BCUT2D eigenvalue weighted by Crippen LogP contribution is -2.40. The number of hydrogen-bond donors (Lipinski definition) is 1. The highest BCUT2D eigenvalue weighted by Gasteiger charge is 2.16. The lowest BCUT2D eigenvalue weighted by atomic mass is 10.2. The summed E-state index contributed by atoms with van der Waals surface area (Å²) in [5, 5.41) is 8.87. The summed E-state index contributed by atoms with van der Waals surface area (Å²) in [4.78, 5) is 26.3. The van der Waals surface area contributed by atoms with Crippen molar-refractivity contribution in [1.82, 2.24) is 9.80 Å². The van der Waals surface area contributed by atoms with E-state index in [-0.39, 0.29) is 19.0 Å². The van der Waals surface area contributed by atoms with Crippen molar-refractivity contribution in [3.63, 3.8) is 0 Å². The smallest absolute Gasteiger partial charge is 0.317 e. The van der Waals surface area contributed by atoms with E-state index >= 15 is 0 Å². The normalized spacial score (nSPS) is 10.5. The van der Waals surface area contributed by atoms with Crippen LogP contribution in [-0.4, -0.2) is 60.6 Å². The van der Waals surface area contributed by atoms with Crippen LogP contribution in [0.2, 0.25) is 0 Å². The first-order valence-electron chi connectivity index (χ1n) is 7.27. The summed E-state index contributed by atoms with van der Waals surface area (Å²) < 4.78 is 5.16. The Kier molecular flexibility index (Phi) is 7.39. The lowest BCUT2D eigenvalue weighted by Gasteiger charge is -2.23. The highest BCUT2D eigenvalue weighted by molar-refractivity contribution is 5.79. The molecule has 6 nitrogen and oxygen atoms in total. The van der Waals surface area contributed by atoms with E-state index in [2.05, 4.69) is 0 Å². The van der Waals surface area contributed by atoms with Gasteiger partial charge < -0.3 is 14.7 Å². The van der Waals surface area contributed by atoms with Crippen LogP contribution in [0.5, 0.6) is 5.75 Å². The van der Waals surface area contributed by atoms with Crippen molar-refractivity contribution >= 4 is 11.9 Å². The molecule has 122 valence electrons. The molecule has 0 aromatic heterocycles. The Morgan fingerprint density at radius 1 is 1.27 bits per heavy atom. The number of carboxylic acids is 1. The Bertz CT molecular complexity index is 505. The Balaban J connectivity index is 2.60. The molecule has 1 aromatic rings. The van der Waals surface area contributed by atoms with Crippen molar-refractivity contribution in [1.29, 1.82) is 0 Å². The van der Waals surface area contributed by atoms with Crippen LogP contribution in [0.1, 0.15) is 18.9 Å². The van der Waals surface area contributed by atoms with Crippen molar-refractivity contribution in [3.8, 4) is 5.75 Å². The zero-order chi connectivity index (χ0) is 16.5. The van der Waals surface area contributed by atoms with Gasteiger partial charge in [0, 0.05) is 13.6 Å². The number of ether oxygens (including phenoxy) is 1. The van der Waals surface area contributed by atoms with Crippen molar-refractivity contribution in [2.45, 2.75) is 19.9 Å². The summed E-state index contributed by atoms with van der Waals surface area (Å²) >= 11 is 0. The molecule has 1 amide bonds. The monoisotopic (exact) mass is 308 g/mol. The number of rotatable bonds is 9. The summed E-state index contributed by atoms with van der Waals surface area (Å²) in [6.07, 6.45) is 0.806. The SMILES string of the molecule is CCCN(CC(=O)O)CC(=O)N(C)Cc1cccc(OC)c1. The summed E-state index contributed by atoms with van der Waals surface area (Å²) in [6, 6.07) is 7.53. The summed E-state index contributed by atoms with van der Waals surface area (Å²) in [7, 11) is 3.31. The van der Waals surface area contributed by atoms with E-state index in [1.807, 2.05) is 31.2 Å². The van der Waals surface area contributed by atoms with Crippen molar-refractivity contribution in [2.24, 2.45) is 0 Å². The number of nitrogens with zero attached hydrogens (tertiary/aromatic N) is 2. The molecule has 0 radical (unpaired) electrons. The molecule has 0 aliphatic heterocycles. The molecule has 0 bridgehead atoms. The predicted octanol–water partition coefficient (Wildman–Crippen LogP) is 1.45. The quantitative estimate of drug-likeness (QED) is 0.748. The number of aliphatic carboxylic acids is 1.